The van der Waals surface area contributed by atoms with Crippen LogP contribution in [0.15, 0.2) is 54.9 Å². The molecule has 162 valence electrons. The molecule has 0 aliphatic carbocycles. The molecule has 5 aromatic rings. The summed E-state index contributed by atoms with van der Waals surface area (Å²) >= 11 is 0. The largest absolute Gasteiger partial charge is 0.295 e. The molecule has 0 amide bonds. The van der Waals surface area contributed by atoms with Gasteiger partial charge in [-0.25, -0.2) is 9.37 Å². The van der Waals surface area contributed by atoms with Gasteiger partial charge >= 0.3 is 0 Å². The standard InChI is InChI=1S/C22H16FN5O2.C2H6/c1-12-5-7-18-16(11-25-26-18)20(12)21-13(2)27(22-15(21)4-3-9-24-22)19-8-6-14(28(29)30)10-17(19)23;1-2/h3-11H,1-2H3,(H,25,26);1-2H3. The molecule has 0 bridgehead atoms. The van der Waals surface area contributed by atoms with Crippen molar-refractivity contribution >= 4 is 27.6 Å². The smallest absolute Gasteiger partial charge is 0.272 e. The Hall–Kier alpha value is -4.07. The minimum Gasteiger partial charge on any atom is -0.295 e. The first kappa shape index (κ1) is 21.2. The van der Waals surface area contributed by atoms with Gasteiger partial charge in [0.25, 0.3) is 5.69 Å². The van der Waals surface area contributed by atoms with E-state index < -0.39 is 10.7 Å². The fraction of sp³-hybridized carbons (Fsp3) is 0.167. The number of rotatable bonds is 3. The molecule has 0 spiro atoms. The number of aryl methyl sites for hydroxylation is 1. The lowest BCUT2D eigenvalue weighted by molar-refractivity contribution is -0.385. The fourth-order valence-corrected chi connectivity index (χ4v) is 4.10. The van der Waals surface area contributed by atoms with Crippen LogP contribution >= 0.6 is 0 Å². The van der Waals surface area contributed by atoms with Crippen LogP contribution in [0.4, 0.5) is 10.1 Å². The summed E-state index contributed by atoms with van der Waals surface area (Å²) in [6.45, 7) is 7.92. The number of pyridine rings is 1. The van der Waals surface area contributed by atoms with Crippen LogP contribution in [0.2, 0.25) is 0 Å². The van der Waals surface area contributed by atoms with Gasteiger partial charge in [0.1, 0.15) is 5.65 Å². The third-order valence-electron chi connectivity index (χ3n) is 5.43. The van der Waals surface area contributed by atoms with Gasteiger partial charge < -0.3 is 0 Å². The molecular formula is C24H22FN5O2. The van der Waals surface area contributed by atoms with E-state index in [1.54, 1.807) is 17.0 Å². The van der Waals surface area contributed by atoms with Crippen molar-refractivity contribution in [3.8, 4) is 16.8 Å². The van der Waals surface area contributed by atoms with E-state index in [-0.39, 0.29) is 11.4 Å². The molecule has 2 aromatic carbocycles. The number of halogens is 1. The molecule has 0 unspecified atom stereocenters. The Morgan fingerprint density at radius 3 is 2.56 bits per heavy atom. The Morgan fingerprint density at radius 1 is 1.06 bits per heavy atom. The molecule has 0 atom stereocenters. The minimum atomic E-state index is -0.681. The number of nitrogens with one attached hydrogen (secondary N) is 1. The molecule has 1 N–H and O–H groups in total. The molecule has 0 radical (unpaired) electrons. The highest BCUT2D eigenvalue weighted by Crippen LogP contribution is 2.40. The summed E-state index contributed by atoms with van der Waals surface area (Å²) in [6, 6.07) is 11.4. The maximum Gasteiger partial charge on any atom is 0.272 e. The summed E-state index contributed by atoms with van der Waals surface area (Å²) in [7, 11) is 0. The number of benzene rings is 2. The van der Waals surface area contributed by atoms with Crippen LogP contribution in [0.5, 0.6) is 0 Å². The van der Waals surface area contributed by atoms with Crippen molar-refractivity contribution in [2.75, 3.05) is 0 Å². The number of H-pyrrole nitrogens is 1. The zero-order chi connectivity index (χ0) is 23.0. The molecule has 3 aromatic heterocycles. The number of fused-ring (bicyclic) bond motifs is 2. The first-order valence-electron chi connectivity index (χ1n) is 10.3. The highest BCUT2D eigenvalue weighted by molar-refractivity contribution is 6.06. The number of hydrogen-bond acceptors (Lipinski definition) is 4. The van der Waals surface area contributed by atoms with Crippen molar-refractivity contribution < 1.29 is 9.31 Å². The SMILES string of the molecule is CC.Cc1ccc2[nH]ncc2c1-c1c(C)n(-c2ccc([N+](=O)[O-])cc2F)c2ncccc12. The van der Waals surface area contributed by atoms with Crippen molar-refractivity contribution in [3.05, 3.63) is 82.0 Å². The van der Waals surface area contributed by atoms with Crippen LogP contribution in [0.3, 0.4) is 0 Å². The summed E-state index contributed by atoms with van der Waals surface area (Å²) < 4.78 is 16.6. The summed E-state index contributed by atoms with van der Waals surface area (Å²) in [5, 5.41) is 20.0. The lowest BCUT2D eigenvalue weighted by atomic mass is 9.95. The number of aromatic nitrogens is 4. The highest BCUT2D eigenvalue weighted by Gasteiger charge is 2.23. The van der Waals surface area contributed by atoms with E-state index in [1.165, 1.54) is 12.1 Å². The van der Waals surface area contributed by atoms with Crippen LogP contribution in [0.1, 0.15) is 25.1 Å². The molecule has 0 fully saturated rings. The molecule has 32 heavy (non-hydrogen) atoms. The van der Waals surface area contributed by atoms with Crippen LogP contribution in [0, 0.1) is 29.8 Å². The number of nitro benzene ring substituents is 1. The van der Waals surface area contributed by atoms with Gasteiger partial charge in [0.2, 0.25) is 0 Å². The van der Waals surface area contributed by atoms with E-state index in [0.29, 0.717) is 5.65 Å². The van der Waals surface area contributed by atoms with Crippen LogP contribution < -0.4 is 0 Å². The van der Waals surface area contributed by atoms with Crippen molar-refractivity contribution in [2.24, 2.45) is 0 Å². The minimum absolute atomic E-state index is 0.213. The summed E-state index contributed by atoms with van der Waals surface area (Å²) in [5.74, 6) is -0.681. The van der Waals surface area contributed by atoms with E-state index in [1.807, 2.05) is 52.0 Å². The second-order valence-corrected chi connectivity index (χ2v) is 7.15. The van der Waals surface area contributed by atoms with Crippen LogP contribution in [0.25, 0.3) is 38.8 Å². The number of non-ortho nitro benzene ring substituents is 1. The number of nitrogens with zero attached hydrogens (tertiary/aromatic N) is 4. The summed E-state index contributed by atoms with van der Waals surface area (Å²) in [6.07, 6.45) is 3.43. The van der Waals surface area contributed by atoms with Crippen molar-refractivity contribution in [1.29, 1.82) is 0 Å². The first-order chi connectivity index (χ1) is 15.5. The topological polar surface area (TPSA) is 89.6 Å². The predicted octanol–water partition coefficient (Wildman–Crippen LogP) is 6.26. The van der Waals surface area contributed by atoms with Crippen molar-refractivity contribution in [3.63, 3.8) is 0 Å². The Bertz CT molecular complexity index is 1470. The molecule has 0 saturated heterocycles. The second-order valence-electron chi connectivity index (χ2n) is 7.15. The van der Waals surface area contributed by atoms with Crippen molar-refractivity contribution in [1.82, 2.24) is 19.7 Å². The zero-order valence-corrected chi connectivity index (χ0v) is 18.2. The van der Waals surface area contributed by atoms with Gasteiger partial charge in [0, 0.05) is 34.3 Å². The van der Waals surface area contributed by atoms with E-state index in [2.05, 4.69) is 15.2 Å². The average molecular weight is 431 g/mol. The second kappa shape index (κ2) is 8.22. The normalized spacial score (nSPS) is 10.9. The highest BCUT2D eigenvalue weighted by atomic mass is 19.1. The Balaban J connectivity index is 0.00000119. The Labute approximate surface area is 183 Å². The number of nitro groups is 1. The Morgan fingerprint density at radius 2 is 1.84 bits per heavy atom. The summed E-state index contributed by atoms with van der Waals surface area (Å²) in [4.78, 5) is 14.9. The maximum atomic E-state index is 14.9. The fourth-order valence-electron chi connectivity index (χ4n) is 4.10. The molecular weight excluding hydrogens is 409 g/mol. The molecule has 3 heterocycles. The monoisotopic (exact) mass is 431 g/mol. The zero-order valence-electron chi connectivity index (χ0n) is 18.2. The average Bonchev–Trinajstić information content (AvgIpc) is 3.38. The predicted molar refractivity (Wildman–Crippen MR) is 124 cm³/mol. The maximum absolute atomic E-state index is 14.9. The first-order valence-corrected chi connectivity index (χ1v) is 10.3. The molecule has 8 heteroatoms. The van der Waals surface area contributed by atoms with Gasteiger partial charge in [-0.15, -0.1) is 0 Å². The van der Waals surface area contributed by atoms with Gasteiger partial charge in [-0.3, -0.25) is 19.8 Å². The molecule has 0 saturated carbocycles. The number of hydrogen-bond donors (Lipinski definition) is 1. The third-order valence-corrected chi connectivity index (χ3v) is 5.43. The third kappa shape index (κ3) is 3.20. The van der Waals surface area contributed by atoms with Crippen LogP contribution in [-0.2, 0) is 0 Å². The molecule has 5 rings (SSSR count). The molecule has 7 nitrogen and oxygen atoms in total. The van der Waals surface area contributed by atoms with Gasteiger partial charge in [0.15, 0.2) is 5.82 Å². The quantitative estimate of drug-likeness (QED) is 0.270. The molecule has 0 aliphatic heterocycles. The lowest BCUT2D eigenvalue weighted by Crippen LogP contribution is -2.02. The van der Waals surface area contributed by atoms with Crippen molar-refractivity contribution in [2.45, 2.75) is 27.7 Å². The lowest BCUT2D eigenvalue weighted by Gasteiger charge is -2.11. The number of aromatic amines is 1. The van der Waals surface area contributed by atoms with E-state index in [9.17, 15) is 14.5 Å². The van der Waals surface area contributed by atoms with E-state index >= 15 is 0 Å². The molecule has 0 aliphatic rings. The van der Waals surface area contributed by atoms with Crippen LogP contribution in [-0.4, -0.2) is 24.7 Å². The van der Waals surface area contributed by atoms with Gasteiger partial charge in [-0.05, 0) is 49.2 Å². The van der Waals surface area contributed by atoms with Gasteiger partial charge in [-0.1, -0.05) is 19.9 Å². The van der Waals surface area contributed by atoms with E-state index in [4.69, 9.17) is 0 Å². The summed E-state index contributed by atoms with van der Waals surface area (Å²) in [5.41, 5.74) is 5.17. The Kier molecular flexibility index (Phi) is 5.44. The van der Waals surface area contributed by atoms with Gasteiger partial charge in [-0.2, -0.15) is 5.10 Å². The van der Waals surface area contributed by atoms with Gasteiger partial charge in [0.05, 0.1) is 28.4 Å². The van der Waals surface area contributed by atoms with E-state index in [0.717, 1.165) is 44.7 Å².